The summed E-state index contributed by atoms with van der Waals surface area (Å²) < 4.78 is 60.5. The van der Waals surface area contributed by atoms with Crippen molar-refractivity contribution < 1.29 is 80.9 Å². The molecular formula is C52H75N2O17P. The second kappa shape index (κ2) is 24.6. The molecule has 2 N–H and O–H groups in total. The molecule has 19 nitrogen and oxygen atoms in total. The van der Waals surface area contributed by atoms with Crippen LogP contribution in [0.4, 0.5) is 0 Å². The van der Waals surface area contributed by atoms with Crippen LogP contribution in [0.25, 0.3) is 0 Å². The fraction of sp³-hybridized carbons (Fsp3) is 0.692. The maximum Gasteiger partial charge on any atom is 0.497 e. The minimum atomic E-state index is -4.57. The molecule has 1 saturated carbocycles. The number of aliphatic hydroxyl groups excluding tert-OH is 1. The van der Waals surface area contributed by atoms with Gasteiger partial charge < -0.3 is 38.8 Å². The molecule has 72 heavy (non-hydrogen) atoms. The van der Waals surface area contributed by atoms with Gasteiger partial charge in [0.25, 0.3) is 23.5 Å². The number of fused-ring (bicyclic) bond motifs is 4. The number of aliphatic hydroxyl groups is 2. The maximum absolute atomic E-state index is 14.6. The number of Topliss-reactive ketones (excluding diaryl/α,β-unsaturated/α-hetero) is 2. The molecule has 1 aliphatic carbocycles. The molecule has 0 spiro atoms. The molecule has 3 amide bonds. The molecule has 2 saturated heterocycles. The Bertz CT molecular complexity index is 2230. The van der Waals surface area contributed by atoms with Crippen LogP contribution in [0.1, 0.15) is 133 Å². The van der Waals surface area contributed by atoms with E-state index in [1.807, 2.05) is 32.9 Å². The summed E-state index contributed by atoms with van der Waals surface area (Å²) in [5.74, 6) is -10.0. The van der Waals surface area contributed by atoms with E-state index < -0.39 is 110 Å². The van der Waals surface area contributed by atoms with E-state index in [0.29, 0.717) is 55.6 Å². The van der Waals surface area contributed by atoms with E-state index >= 15 is 0 Å². The van der Waals surface area contributed by atoms with E-state index in [2.05, 4.69) is 0 Å². The normalized spacial score (nSPS) is 36.7. The molecule has 4 aliphatic heterocycles. The van der Waals surface area contributed by atoms with Crippen molar-refractivity contribution >= 4 is 43.1 Å². The largest absolute Gasteiger partial charge is 0.497 e. The van der Waals surface area contributed by atoms with Gasteiger partial charge in [-0.05, 0) is 108 Å². The number of imide groups is 1. The SMILES string of the molecule is CC[C@@H]1/C=C(\C)C[C@H](C)C[C@H](OC)[C@H]2O[C@@](O)(C(=O)C(=O)N3CCCC[C@H]3C(=O)O[C@H](/C(C)=C/[C@@H]3CC[C@@H](OP(=O)(OC)ON4C(=O)c5ccccc5C4=O)[C@H](OC)C3)[C@H](C)C(O)CC1=O)[C@H](C)C[C@@H]2OC. The van der Waals surface area contributed by atoms with Crippen molar-refractivity contribution in [1.82, 2.24) is 9.96 Å². The Morgan fingerprint density at radius 3 is 2.10 bits per heavy atom. The molecule has 0 aromatic heterocycles. The average Bonchev–Trinajstić information content (AvgIpc) is 3.60. The fourth-order valence-electron chi connectivity index (χ4n) is 11.1. The summed E-state index contributed by atoms with van der Waals surface area (Å²) in [7, 11) is 0.967. The number of benzene rings is 1. The van der Waals surface area contributed by atoms with Crippen molar-refractivity contribution in [3.8, 4) is 0 Å². The summed E-state index contributed by atoms with van der Waals surface area (Å²) in [4.78, 5) is 84.6. The van der Waals surface area contributed by atoms with E-state index in [4.69, 9.17) is 37.4 Å². The summed E-state index contributed by atoms with van der Waals surface area (Å²) in [6.07, 6.45) is 1.20. The van der Waals surface area contributed by atoms with E-state index in [1.165, 1.54) is 33.5 Å². The molecule has 15 atom stereocenters. The number of allylic oxidation sites excluding steroid dienone is 3. The van der Waals surface area contributed by atoms with Crippen molar-refractivity contribution in [2.45, 2.75) is 167 Å². The fourth-order valence-corrected chi connectivity index (χ4v) is 12.2. The third-order valence-electron chi connectivity index (χ3n) is 15.3. The lowest BCUT2D eigenvalue weighted by Crippen LogP contribution is -2.64. The van der Waals surface area contributed by atoms with Gasteiger partial charge in [0.15, 0.2) is 0 Å². The van der Waals surface area contributed by atoms with Crippen molar-refractivity contribution in [1.29, 1.82) is 0 Å². The van der Waals surface area contributed by atoms with Gasteiger partial charge in [0.05, 0.1) is 41.6 Å². The molecule has 1 aromatic carbocycles. The molecule has 3 fully saturated rings. The van der Waals surface area contributed by atoms with Gasteiger partial charge in [-0.3, -0.25) is 33.0 Å². The number of ether oxygens (including phenoxy) is 5. The standard InChI is InChI=1S/C52H75N2O17P/c1-11-35-23-29(2)22-30(3)24-43(65-8)46-44(66-9)26-32(5)52(62,69-46)47(57)50(60)53-21-15-14-18-38(53)51(61)68-45(33(6)39(55)28-40(35)56)31(4)25-34-19-20-41(42(27-34)64-7)70-72(63,67-10)71-54-48(58)36-16-12-13-17-37(36)49(54)59/h12-13,16-17,23,25,30,32-35,38-39,41-46,55,62H,11,14-15,18-22,24,26-28H2,1-10H3/b29-23+,31-25+/t30-,32+,33+,34-,35+,38-,39?,41+,42+,43-,44-,45+,46+,52+,72?/m0/s1. The lowest BCUT2D eigenvalue weighted by atomic mass is 9.81. The number of ketones is 2. The highest BCUT2D eigenvalue weighted by Gasteiger charge is 2.57. The number of hydrogen-bond acceptors (Lipinski definition) is 17. The monoisotopic (exact) mass is 1030 g/mol. The number of hydroxylamine groups is 2. The van der Waals surface area contributed by atoms with Crippen molar-refractivity contribution in [3.63, 3.8) is 0 Å². The van der Waals surface area contributed by atoms with E-state index in [1.54, 1.807) is 32.9 Å². The van der Waals surface area contributed by atoms with Gasteiger partial charge in [-0.25, -0.2) is 9.36 Å². The number of carbonyl (C=O) groups excluding carboxylic acids is 6. The lowest BCUT2D eigenvalue weighted by Gasteiger charge is -2.47. The minimum Gasteiger partial charge on any atom is -0.456 e. The first-order valence-corrected chi connectivity index (χ1v) is 26.7. The second-order valence-electron chi connectivity index (χ2n) is 20.4. The Morgan fingerprint density at radius 2 is 1.49 bits per heavy atom. The molecule has 20 heteroatoms. The molecular weight excluding hydrogens is 956 g/mol. The van der Waals surface area contributed by atoms with Crippen LogP contribution in [0.2, 0.25) is 0 Å². The highest BCUT2D eigenvalue weighted by atomic mass is 31.2. The third kappa shape index (κ3) is 12.6. The van der Waals surface area contributed by atoms with Gasteiger partial charge in [-0.2, -0.15) is 4.62 Å². The highest BCUT2D eigenvalue weighted by molar-refractivity contribution is 7.48. The van der Waals surface area contributed by atoms with Crippen molar-refractivity contribution in [3.05, 3.63) is 58.7 Å². The summed E-state index contributed by atoms with van der Waals surface area (Å²) in [5, 5.41) is 24.4. The van der Waals surface area contributed by atoms with E-state index in [-0.39, 0.29) is 61.0 Å². The van der Waals surface area contributed by atoms with Crippen molar-refractivity contribution in [2.24, 2.45) is 29.6 Å². The molecule has 0 radical (unpaired) electrons. The van der Waals surface area contributed by atoms with Crippen LogP contribution in [0.5, 0.6) is 0 Å². The van der Waals surface area contributed by atoms with Crippen LogP contribution in [-0.4, -0.2) is 145 Å². The number of piperidine rings is 1. The highest BCUT2D eigenvalue weighted by Crippen LogP contribution is 2.54. The lowest BCUT2D eigenvalue weighted by molar-refractivity contribution is -0.302. The van der Waals surface area contributed by atoms with E-state index in [9.17, 15) is 43.5 Å². The molecule has 400 valence electrons. The number of rotatable bonds is 11. The number of amides is 3. The second-order valence-corrected chi connectivity index (χ2v) is 22.0. The van der Waals surface area contributed by atoms with Gasteiger partial charge in [0, 0.05) is 59.2 Å². The molecule has 2 bridgehead atoms. The summed E-state index contributed by atoms with van der Waals surface area (Å²) in [6.45, 7) is 10.9. The van der Waals surface area contributed by atoms with Crippen LogP contribution in [0, 0.1) is 29.6 Å². The zero-order valence-electron chi connectivity index (χ0n) is 43.3. The van der Waals surface area contributed by atoms with Crippen LogP contribution in [0.15, 0.2) is 47.6 Å². The Labute approximate surface area is 422 Å². The van der Waals surface area contributed by atoms with Gasteiger partial charge >= 0.3 is 13.8 Å². The zero-order chi connectivity index (χ0) is 52.8. The predicted molar refractivity (Wildman–Crippen MR) is 260 cm³/mol. The third-order valence-corrected chi connectivity index (χ3v) is 16.6. The van der Waals surface area contributed by atoms with Gasteiger partial charge in [-0.1, -0.05) is 57.6 Å². The number of phosphoric ester groups is 1. The Hall–Kier alpha value is -4.01. The van der Waals surface area contributed by atoms with Crippen molar-refractivity contribution in [2.75, 3.05) is 35.0 Å². The number of cyclic esters (lactones) is 1. The van der Waals surface area contributed by atoms with Crippen LogP contribution in [-0.2, 0) is 61.1 Å². The Kier molecular flexibility index (Phi) is 19.5. The first-order chi connectivity index (χ1) is 34.1. The number of methoxy groups -OCH3 is 3. The zero-order valence-corrected chi connectivity index (χ0v) is 44.2. The van der Waals surface area contributed by atoms with Crippen LogP contribution in [0.3, 0.4) is 0 Å². The predicted octanol–water partition coefficient (Wildman–Crippen LogP) is 6.48. The number of carbonyl (C=O) groups is 6. The summed E-state index contributed by atoms with van der Waals surface area (Å²) >= 11 is 0. The maximum atomic E-state index is 14.6. The quantitative estimate of drug-likeness (QED) is 0.0792. The topological polar surface area (TPSA) is 240 Å². The number of esters is 1. The molecule has 5 aliphatic rings. The molecule has 2 unspecified atom stereocenters. The number of phosphoric acid groups is 1. The smallest absolute Gasteiger partial charge is 0.456 e. The minimum absolute atomic E-state index is 0.0160. The first-order valence-electron chi connectivity index (χ1n) is 25.3. The van der Waals surface area contributed by atoms with Gasteiger partial charge in [0.1, 0.15) is 24.0 Å². The molecule has 6 rings (SSSR count). The first kappa shape index (κ1) is 57.3. The molecule has 1 aromatic rings. The van der Waals surface area contributed by atoms with Crippen LogP contribution >= 0.6 is 7.82 Å². The van der Waals surface area contributed by atoms with Gasteiger partial charge in [-0.15, -0.1) is 5.06 Å². The average molecular weight is 1030 g/mol. The Balaban J connectivity index is 1.28. The van der Waals surface area contributed by atoms with Crippen LogP contribution < -0.4 is 0 Å². The van der Waals surface area contributed by atoms with E-state index in [0.717, 1.165) is 17.6 Å². The summed E-state index contributed by atoms with van der Waals surface area (Å²) in [5.41, 5.74) is 1.63. The number of hydrogen-bond donors (Lipinski definition) is 2. The number of nitrogens with zero attached hydrogens (tertiary/aromatic N) is 2. The van der Waals surface area contributed by atoms with Gasteiger partial charge in [0.2, 0.25) is 5.79 Å². The Morgan fingerprint density at radius 1 is 0.847 bits per heavy atom. The summed E-state index contributed by atoms with van der Waals surface area (Å²) in [6, 6.07) is 4.83. The molecule has 4 heterocycles.